The summed E-state index contributed by atoms with van der Waals surface area (Å²) >= 11 is 7.66. The van der Waals surface area contributed by atoms with Crippen molar-refractivity contribution in [1.29, 1.82) is 0 Å². The van der Waals surface area contributed by atoms with Gasteiger partial charge in [-0.1, -0.05) is 50.2 Å². The summed E-state index contributed by atoms with van der Waals surface area (Å²) in [6.07, 6.45) is 0.965. The number of hydrogen-bond donors (Lipinski definition) is 1. The summed E-state index contributed by atoms with van der Waals surface area (Å²) in [4.78, 5) is 19.5. The molecule has 23 heavy (non-hydrogen) atoms. The van der Waals surface area contributed by atoms with Gasteiger partial charge in [0.05, 0.1) is 5.69 Å². The molecule has 0 amide bonds. The van der Waals surface area contributed by atoms with Crippen LogP contribution in [0, 0.1) is 12.7 Å². The average molecular weight is 355 g/mol. The Morgan fingerprint density at radius 2 is 2.09 bits per heavy atom. The highest BCUT2D eigenvalue weighted by atomic mass is 35.5. The zero-order valence-corrected chi connectivity index (χ0v) is 15.2. The molecular weight excluding hydrogens is 335 g/mol. The molecule has 1 heterocycles. The standard InChI is InChI=1S/C17H20ClFN2OS/c1-5-9(2)23-17-20-15(11(4)16(22)21-17)10(3)14-12(18)7-6-8-13(14)19/h6-10H,5H2,1-4H3,(H,20,21,22)/t9-,10+/m0/s1. The van der Waals surface area contributed by atoms with E-state index in [1.807, 2.05) is 6.92 Å². The molecule has 3 nitrogen and oxygen atoms in total. The van der Waals surface area contributed by atoms with Crippen LogP contribution in [0.2, 0.25) is 5.02 Å². The van der Waals surface area contributed by atoms with Crippen molar-refractivity contribution in [3.63, 3.8) is 0 Å². The monoisotopic (exact) mass is 354 g/mol. The van der Waals surface area contributed by atoms with Gasteiger partial charge < -0.3 is 4.98 Å². The molecule has 2 rings (SSSR count). The fraction of sp³-hybridized carbons (Fsp3) is 0.412. The molecule has 0 unspecified atom stereocenters. The van der Waals surface area contributed by atoms with Crippen LogP contribution >= 0.6 is 23.4 Å². The molecule has 2 aromatic rings. The molecule has 0 radical (unpaired) electrons. The van der Waals surface area contributed by atoms with Crippen molar-refractivity contribution in [3.05, 3.63) is 56.2 Å². The molecule has 0 saturated carbocycles. The van der Waals surface area contributed by atoms with Gasteiger partial charge in [-0.3, -0.25) is 4.79 Å². The van der Waals surface area contributed by atoms with Gasteiger partial charge in [0.1, 0.15) is 5.82 Å². The summed E-state index contributed by atoms with van der Waals surface area (Å²) in [7, 11) is 0. The van der Waals surface area contributed by atoms with Crippen LogP contribution in [0.4, 0.5) is 4.39 Å². The Balaban J connectivity index is 2.51. The summed E-state index contributed by atoms with van der Waals surface area (Å²) in [5, 5.41) is 1.24. The lowest BCUT2D eigenvalue weighted by atomic mass is 9.94. The number of aromatic nitrogens is 2. The van der Waals surface area contributed by atoms with Gasteiger partial charge in [0.25, 0.3) is 5.56 Å². The number of H-pyrrole nitrogens is 1. The molecule has 0 aliphatic carbocycles. The van der Waals surface area contributed by atoms with Gasteiger partial charge in [-0.25, -0.2) is 9.37 Å². The molecule has 0 aliphatic heterocycles. The van der Waals surface area contributed by atoms with E-state index in [1.165, 1.54) is 17.8 Å². The maximum atomic E-state index is 14.2. The van der Waals surface area contributed by atoms with Crippen LogP contribution in [0.15, 0.2) is 28.2 Å². The van der Waals surface area contributed by atoms with E-state index >= 15 is 0 Å². The van der Waals surface area contributed by atoms with E-state index in [2.05, 4.69) is 23.8 Å². The second-order valence-corrected chi connectivity index (χ2v) is 7.41. The fourth-order valence-electron chi connectivity index (χ4n) is 2.34. The zero-order valence-electron chi connectivity index (χ0n) is 13.6. The third kappa shape index (κ3) is 3.96. The number of aromatic amines is 1. The first-order chi connectivity index (χ1) is 10.8. The summed E-state index contributed by atoms with van der Waals surface area (Å²) in [5.41, 5.74) is 1.23. The number of hydrogen-bond acceptors (Lipinski definition) is 3. The lowest BCUT2D eigenvalue weighted by Gasteiger charge is -2.17. The molecular formula is C17H20ClFN2OS. The van der Waals surface area contributed by atoms with Crippen LogP contribution in [0.5, 0.6) is 0 Å². The number of nitrogens with zero attached hydrogens (tertiary/aromatic N) is 1. The van der Waals surface area contributed by atoms with Crippen LogP contribution in [-0.4, -0.2) is 15.2 Å². The number of benzene rings is 1. The molecule has 1 aromatic heterocycles. The average Bonchev–Trinajstić information content (AvgIpc) is 2.50. The zero-order chi connectivity index (χ0) is 17.1. The fourth-order valence-corrected chi connectivity index (χ4v) is 3.52. The number of halogens is 2. The normalized spacial score (nSPS) is 13.8. The highest BCUT2D eigenvalue weighted by Crippen LogP contribution is 2.33. The van der Waals surface area contributed by atoms with Gasteiger partial charge >= 0.3 is 0 Å². The van der Waals surface area contributed by atoms with Crippen molar-refractivity contribution >= 4 is 23.4 Å². The van der Waals surface area contributed by atoms with Gasteiger partial charge in [0.2, 0.25) is 0 Å². The van der Waals surface area contributed by atoms with E-state index in [0.29, 0.717) is 32.2 Å². The molecule has 1 aromatic carbocycles. The Bertz CT molecular complexity index is 742. The highest BCUT2D eigenvalue weighted by Gasteiger charge is 2.22. The molecule has 0 bridgehead atoms. The summed E-state index contributed by atoms with van der Waals surface area (Å²) in [5.74, 6) is -0.787. The van der Waals surface area contributed by atoms with Crippen LogP contribution < -0.4 is 5.56 Å². The van der Waals surface area contributed by atoms with Crippen molar-refractivity contribution < 1.29 is 4.39 Å². The summed E-state index contributed by atoms with van der Waals surface area (Å²) < 4.78 is 14.2. The molecule has 124 valence electrons. The Morgan fingerprint density at radius 3 is 2.70 bits per heavy atom. The van der Waals surface area contributed by atoms with Crippen molar-refractivity contribution in [3.8, 4) is 0 Å². The first-order valence-corrected chi connectivity index (χ1v) is 8.82. The largest absolute Gasteiger partial charge is 0.301 e. The van der Waals surface area contributed by atoms with E-state index < -0.39 is 5.92 Å². The van der Waals surface area contributed by atoms with Gasteiger partial charge in [-0.15, -0.1) is 0 Å². The molecule has 0 aliphatic rings. The first kappa shape index (κ1) is 18.0. The van der Waals surface area contributed by atoms with Crippen LogP contribution in [0.1, 0.15) is 49.9 Å². The van der Waals surface area contributed by atoms with Gasteiger partial charge in [-0.2, -0.15) is 0 Å². The molecule has 0 saturated heterocycles. The quantitative estimate of drug-likeness (QED) is 0.612. The van der Waals surface area contributed by atoms with Crippen LogP contribution in [0.25, 0.3) is 0 Å². The van der Waals surface area contributed by atoms with Crippen LogP contribution in [0.3, 0.4) is 0 Å². The third-order valence-corrected chi connectivity index (χ3v) is 5.38. The molecule has 6 heteroatoms. The smallest absolute Gasteiger partial charge is 0.254 e. The highest BCUT2D eigenvalue weighted by molar-refractivity contribution is 7.99. The SMILES string of the molecule is CC[C@H](C)Sc1nc([C@H](C)c2c(F)cccc2Cl)c(C)c(=O)[nH]1. The van der Waals surface area contributed by atoms with Crippen molar-refractivity contribution in [1.82, 2.24) is 9.97 Å². The van der Waals surface area contributed by atoms with Gasteiger partial charge in [-0.05, 0) is 25.5 Å². The number of thioether (sulfide) groups is 1. The van der Waals surface area contributed by atoms with Crippen molar-refractivity contribution in [2.24, 2.45) is 0 Å². The second-order valence-electron chi connectivity index (χ2n) is 5.58. The van der Waals surface area contributed by atoms with Gasteiger partial charge in [0.15, 0.2) is 5.16 Å². The Labute approximate surface area is 144 Å². The minimum atomic E-state index is -0.401. The lowest BCUT2D eigenvalue weighted by Crippen LogP contribution is -2.19. The Hall–Kier alpha value is -1.33. The predicted molar refractivity (Wildman–Crippen MR) is 94.1 cm³/mol. The summed E-state index contributed by atoms with van der Waals surface area (Å²) in [6.45, 7) is 7.66. The van der Waals surface area contributed by atoms with Gasteiger partial charge in [0, 0.05) is 27.3 Å². The topological polar surface area (TPSA) is 45.8 Å². The Morgan fingerprint density at radius 1 is 1.39 bits per heavy atom. The predicted octanol–water partition coefficient (Wildman–Crippen LogP) is 4.91. The first-order valence-electron chi connectivity index (χ1n) is 7.56. The van der Waals surface area contributed by atoms with Crippen molar-refractivity contribution in [2.45, 2.75) is 50.4 Å². The Kier molecular flexibility index (Phi) is 5.87. The van der Waals surface area contributed by atoms with E-state index in [9.17, 15) is 9.18 Å². The van der Waals surface area contributed by atoms with E-state index in [-0.39, 0.29) is 11.4 Å². The lowest BCUT2D eigenvalue weighted by molar-refractivity contribution is 0.598. The minimum Gasteiger partial charge on any atom is -0.301 e. The van der Waals surface area contributed by atoms with E-state index in [0.717, 1.165) is 6.42 Å². The van der Waals surface area contributed by atoms with E-state index in [4.69, 9.17) is 11.6 Å². The van der Waals surface area contributed by atoms with Crippen molar-refractivity contribution in [2.75, 3.05) is 0 Å². The summed E-state index contributed by atoms with van der Waals surface area (Å²) in [6, 6.07) is 4.58. The molecule has 2 atom stereocenters. The third-order valence-electron chi connectivity index (χ3n) is 3.90. The second kappa shape index (κ2) is 7.49. The van der Waals surface area contributed by atoms with E-state index in [1.54, 1.807) is 19.1 Å². The number of nitrogens with one attached hydrogen (secondary N) is 1. The molecule has 0 fully saturated rings. The molecule has 1 N–H and O–H groups in total. The maximum Gasteiger partial charge on any atom is 0.254 e. The molecule has 0 spiro atoms. The maximum absolute atomic E-state index is 14.2. The van der Waals surface area contributed by atoms with Crippen LogP contribution in [-0.2, 0) is 0 Å². The number of rotatable bonds is 5. The minimum absolute atomic E-state index is 0.194.